The summed E-state index contributed by atoms with van der Waals surface area (Å²) in [5.74, 6) is -0.361. The highest BCUT2D eigenvalue weighted by molar-refractivity contribution is 6.04. The van der Waals surface area contributed by atoms with E-state index in [0.717, 1.165) is 49.4 Å². The minimum absolute atomic E-state index is 0.131. The van der Waals surface area contributed by atoms with Crippen molar-refractivity contribution in [3.63, 3.8) is 0 Å². The van der Waals surface area contributed by atoms with E-state index in [1.54, 1.807) is 11.9 Å². The fraction of sp³-hybridized carbons (Fsp3) is 0.591. The smallest absolute Gasteiger partial charge is 0.255 e. The second-order valence-corrected chi connectivity index (χ2v) is 7.70. The van der Waals surface area contributed by atoms with E-state index >= 15 is 0 Å². The van der Waals surface area contributed by atoms with Gasteiger partial charge in [-0.3, -0.25) is 9.59 Å². The molecule has 1 fully saturated rings. The molecule has 0 aromatic heterocycles. The molecule has 0 aliphatic carbocycles. The number of piperazine rings is 1. The zero-order valence-corrected chi connectivity index (χ0v) is 18.4. The minimum atomic E-state index is -0.633. The molecular formula is C22H33N5O3. The van der Waals surface area contributed by atoms with Crippen LogP contribution in [0.25, 0.3) is 0 Å². The van der Waals surface area contributed by atoms with Gasteiger partial charge in [0, 0.05) is 64.4 Å². The third-order valence-corrected chi connectivity index (χ3v) is 6.09. The highest BCUT2D eigenvalue weighted by atomic mass is 16.2. The summed E-state index contributed by atoms with van der Waals surface area (Å²) in [6, 6.07) is 3.73. The van der Waals surface area contributed by atoms with E-state index in [1.165, 1.54) is 0 Å². The van der Waals surface area contributed by atoms with Crippen LogP contribution in [0.3, 0.4) is 0 Å². The van der Waals surface area contributed by atoms with Gasteiger partial charge in [0.2, 0.25) is 5.91 Å². The Hall–Kier alpha value is -2.61. The Balaban J connectivity index is 0.00000124. The van der Waals surface area contributed by atoms with Gasteiger partial charge in [0.25, 0.3) is 5.91 Å². The molecule has 0 spiro atoms. The van der Waals surface area contributed by atoms with Gasteiger partial charge in [-0.2, -0.15) is 0 Å². The summed E-state index contributed by atoms with van der Waals surface area (Å²) in [4.78, 5) is 42.6. The summed E-state index contributed by atoms with van der Waals surface area (Å²) in [5.41, 5.74) is 3.91. The lowest BCUT2D eigenvalue weighted by Gasteiger charge is -2.46. The molecule has 1 aromatic rings. The highest BCUT2D eigenvalue weighted by Gasteiger charge is 2.41. The molecular weight excluding hydrogens is 382 g/mol. The van der Waals surface area contributed by atoms with Gasteiger partial charge in [-0.15, -0.1) is 0 Å². The second kappa shape index (κ2) is 9.47. The molecule has 2 N–H and O–H groups in total. The largest absolute Gasteiger partial charge is 0.371 e. The summed E-state index contributed by atoms with van der Waals surface area (Å²) < 4.78 is 0. The van der Waals surface area contributed by atoms with Crippen molar-refractivity contribution in [1.82, 2.24) is 15.5 Å². The number of rotatable bonds is 5. The maximum Gasteiger partial charge on any atom is 0.255 e. The maximum atomic E-state index is 13.1. The molecule has 2 atom stereocenters. The first-order valence-electron chi connectivity index (χ1n) is 10.9. The molecule has 1 aromatic carbocycles. The van der Waals surface area contributed by atoms with Crippen LogP contribution in [-0.4, -0.2) is 75.4 Å². The number of fused-ring (bicyclic) bond motifs is 5. The van der Waals surface area contributed by atoms with Gasteiger partial charge in [-0.1, -0.05) is 13.8 Å². The van der Waals surface area contributed by atoms with E-state index in [0.29, 0.717) is 24.6 Å². The van der Waals surface area contributed by atoms with Gasteiger partial charge in [0.1, 0.15) is 12.3 Å². The topological polar surface area (TPSA) is 85.0 Å². The lowest BCUT2D eigenvalue weighted by molar-refractivity contribution is -0.125. The first-order valence-corrected chi connectivity index (χ1v) is 10.9. The maximum absolute atomic E-state index is 13.1. The molecule has 3 heterocycles. The average molecular weight is 416 g/mol. The summed E-state index contributed by atoms with van der Waals surface area (Å²) in [5, 5.41) is 6.08. The summed E-state index contributed by atoms with van der Waals surface area (Å²) >= 11 is 0. The quantitative estimate of drug-likeness (QED) is 0.698. The molecule has 8 heteroatoms. The SMILES string of the molecule is CC.CNC(=O)[C@H](CCC=O)N1Cc2c(ccc3c2N(C)CC2CNCCN32)C1=O. The van der Waals surface area contributed by atoms with E-state index in [1.807, 2.05) is 26.0 Å². The van der Waals surface area contributed by atoms with Crippen molar-refractivity contribution in [2.24, 2.45) is 0 Å². The van der Waals surface area contributed by atoms with Gasteiger partial charge in [-0.05, 0) is 18.6 Å². The number of carbonyl (C=O) groups is 3. The molecule has 3 aliphatic rings. The van der Waals surface area contributed by atoms with Crippen LogP contribution in [0.1, 0.15) is 42.6 Å². The number of likely N-dealkylation sites (N-methyl/N-ethyl adjacent to an activating group) is 2. The van der Waals surface area contributed by atoms with E-state index < -0.39 is 6.04 Å². The van der Waals surface area contributed by atoms with Crippen molar-refractivity contribution >= 4 is 29.5 Å². The van der Waals surface area contributed by atoms with Crippen LogP contribution in [0.4, 0.5) is 11.4 Å². The molecule has 3 aliphatic heterocycles. The van der Waals surface area contributed by atoms with Crippen LogP contribution < -0.4 is 20.4 Å². The number of aldehydes is 1. The molecule has 0 saturated carbocycles. The Morgan fingerprint density at radius 1 is 1.37 bits per heavy atom. The number of anilines is 2. The van der Waals surface area contributed by atoms with Gasteiger partial charge in [0.15, 0.2) is 0 Å². The molecule has 1 saturated heterocycles. The predicted octanol–water partition coefficient (Wildman–Crippen LogP) is 0.990. The van der Waals surface area contributed by atoms with Crippen molar-refractivity contribution in [2.75, 3.05) is 50.1 Å². The minimum Gasteiger partial charge on any atom is -0.371 e. The number of nitrogens with zero attached hydrogens (tertiary/aromatic N) is 3. The standard InChI is InChI=1S/C20H27N5O3.C2H6/c1-21-19(27)17(4-3-9-26)25-12-15-14(20(25)28)5-6-16-18(15)23(2)11-13-10-22-7-8-24(13)16;1-2/h5-6,9,13,17,22H,3-4,7-8,10-12H2,1-2H3,(H,21,27);1-2H3/t13?,17-;/m0./s1. The zero-order valence-electron chi connectivity index (χ0n) is 18.4. The average Bonchev–Trinajstić information content (AvgIpc) is 3.11. The lowest BCUT2D eigenvalue weighted by atomic mass is 9.99. The Labute approximate surface area is 178 Å². The fourth-order valence-corrected chi connectivity index (χ4v) is 4.76. The van der Waals surface area contributed by atoms with E-state index in [4.69, 9.17) is 0 Å². The van der Waals surface area contributed by atoms with Crippen LogP contribution in [0.5, 0.6) is 0 Å². The van der Waals surface area contributed by atoms with E-state index in [9.17, 15) is 14.4 Å². The molecule has 2 amide bonds. The predicted molar refractivity (Wildman–Crippen MR) is 118 cm³/mol. The second-order valence-electron chi connectivity index (χ2n) is 7.70. The van der Waals surface area contributed by atoms with Crippen LogP contribution in [0, 0.1) is 0 Å². The number of hydrogen-bond acceptors (Lipinski definition) is 6. The molecule has 1 unspecified atom stereocenters. The van der Waals surface area contributed by atoms with Crippen molar-refractivity contribution in [3.05, 3.63) is 23.3 Å². The van der Waals surface area contributed by atoms with Crippen LogP contribution in [0.2, 0.25) is 0 Å². The molecule has 164 valence electrons. The first-order chi connectivity index (χ1) is 14.6. The highest BCUT2D eigenvalue weighted by Crippen LogP contribution is 2.43. The molecule has 8 nitrogen and oxygen atoms in total. The molecule has 30 heavy (non-hydrogen) atoms. The van der Waals surface area contributed by atoms with Crippen LogP contribution >= 0.6 is 0 Å². The Morgan fingerprint density at radius 3 is 2.83 bits per heavy atom. The third-order valence-electron chi connectivity index (χ3n) is 6.09. The number of nitrogens with one attached hydrogen (secondary N) is 2. The number of hydrogen-bond donors (Lipinski definition) is 2. The van der Waals surface area contributed by atoms with Crippen LogP contribution in [-0.2, 0) is 16.1 Å². The molecule has 4 rings (SSSR count). The summed E-state index contributed by atoms with van der Waals surface area (Å²) in [6.07, 6.45) is 1.38. The van der Waals surface area contributed by atoms with Gasteiger partial charge >= 0.3 is 0 Å². The Morgan fingerprint density at radius 2 is 2.13 bits per heavy atom. The molecule has 0 bridgehead atoms. The third kappa shape index (κ3) is 3.76. The molecule has 0 radical (unpaired) electrons. The Kier molecular flexibility index (Phi) is 6.97. The fourth-order valence-electron chi connectivity index (χ4n) is 4.76. The number of carbonyl (C=O) groups excluding carboxylic acids is 3. The lowest BCUT2D eigenvalue weighted by Crippen LogP contribution is -2.58. The van der Waals surface area contributed by atoms with E-state index in [-0.39, 0.29) is 18.2 Å². The van der Waals surface area contributed by atoms with Gasteiger partial charge < -0.3 is 30.1 Å². The zero-order chi connectivity index (χ0) is 21.8. The van der Waals surface area contributed by atoms with Crippen molar-refractivity contribution in [1.29, 1.82) is 0 Å². The van der Waals surface area contributed by atoms with Crippen LogP contribution in [0.15, 0.2) is 12.1 Å². The Bertz CT molecular complexity index is 812. The van der Waals surface area contributed by atoms with Crippen molar-refractivity contribution < 1.29 is 14.4 Å². The van der Waals surface area contributed by atoms with E-state index in [2.05, 4.69) is 27.5 Å². The number of amides is 2. The monoisotopic (exact) mass is 415 g/mol. The van der Waals surface area contributed by atoms with Gasteiger partial charge in [0.05, 0.1) is 17.4 Å². The normalized spacial score (nSPS) is 20.5. The first kappa shape index (κ1) is 22.1. The number of benzene rings is 1. The van der Waals surface area contributed by atoms with Crippen molar-refractivity contribution in [3.8, 4) is 0 Å². The summed E-state index contributed by atoms with van der Waals surface area (Å²) in [6.45, 7) is 8.15. The summed E-state index contributed by atoms with van der Waals surface area (Å²) in [7, 11) is 3.63. The van der Waals surface area contributed by atoms with Crippen molar-refractivity contribution in [2.45, 2.75) is 45.3 Å². The van der Waals surface area contributed by atoms with Gasteiger partial charge in [-0.25, -0.2) is 0 Å².